The molecular weight excluding hydrogens is 348 g/mol. The molecule has 0 aromatic heterocycles. The Kier molecular flexibility index (Phi) is 4.17. The fourth-order valence-electron chi connectivity index (χ4n) is 5.10. The van der Waals surface area contributed by atoms with Gasteiger partial charge >= 0.3 is 0 Å². The summed E-state index contributed by atoms with van der Waals surface area (Å²) in [4.78, 5) is 0. The molecule has 3 aromatic carbocycles. The molecule has 0 N–H and O–H groups in total. The molecule has 1 atom stereocenters. The topological polar surface area (TPSA) is 0 Å². The molecule has 0 saturated carbocycles. The van der Waals surface area contributed by atoms with Crippen LogP contribution in [0.15, 0.2) is 103 Å². The lowest BCUT2D eigenvalue weighted by Gasteiger charge is -2.36. The van der Waals surface area contributed by atoms with E-state index in [0.717, 1.165) is 12.0 Å². The van der Waals surface area contributed by atoms with Gasteiger partial charge in [0.25, 0.3) is 0 Å². The third kappa shape index (κ3) is 2.52. The van der Waals surface area contributed by atoms with Gasteiger partial charge in [-0.25, -0.2) is 0 Å². The third-order valence-electron chi connectivity index (χ3n) is 6.52. The van der Waals surface area contributed by atoms with E-state index in [4.69, 9.17) is 0 Å². The van der Waals surface area contributed by atoms with Crippen LogP contribution in [-0.4, -0.2) is 0 Å². The van der Waals surface area contributed by atoms with Crippen molar-refractivity contribution in [3.05, 3.63) is 131 Å². The van der Waals surface area contributed by atoms with Crippen molar-refractivity contribution < 1.29 is 0 Å². The van der Waals surface area contributed by atoms with Crippen molar-refractivity contribution in [3.63, 3.8) is 0 Å². The Balaban J connectivity index is 1.95. The van der Waals surface area contributed by atoms with Crippen molar-refractivity contribution in [3.8, 4) is 11.1 Å². The summed E-state index contributed by atoms with van der Waals surface area (Å²) < 4.78 is 0. The highest BCUT2D eigenvalue weighted by atomic mass is 14.5. The van der Waals surface area contributed by atoms with Gasteiger partial charge in [-0.15, -0.1) is 0 Å². The predicted molar refractivity (Wildman–Crippen MR) is 123 cm³/mol. The summed E-state index contributed by atoms with van der Waals surface area (Å²) >= 11 is 0. The highest BCUT2D eigenvalue weighted by Crippen LogP contribution is 2.57. The SMILES string of the molecule is C=C1/C=C\C=C/Cc2ccccc2C12c1ccccc1-c1ccc(C(C)C)cc12. The van der Waals surface area contributed by atoms with E-state index in [2.05, 4.69) is 111 Å². The Morgan fingerprint density at radius 1 is 0.793 bits per heavy atom. The first-order chi connectivity index (χ1) is 14.1. The Hall–Kier alpha value is -3.12. The molecule has 0 nitrogen and oxygen atoms in total. The summed E-state index contributed by atoms with van der Waals surface area (Å²) in [5.41, 5.74) is 10.3. The average molecular weight is 375 g/mol. The lowest BCUT2D eigenvalue weighted by Crippen LogP contribution is -2.30. The van der Waals surface area contributed by atoms with Crippen molar-refractivity contribution >= 4 is 0 Å². The molecule has 1 unspecified atom stereocenters. The fourth-order valence-corrected chi connectivity index (χ4v) is 5.10. The fraction of sp³-hybridized carbons (Fsp3) is 0.172. The molecule has 1 spiro atoms. The highest BCUT2D eigenvalue weighted by molar-refractivity contribution is 5.87. The number of benzene rings is 3. The molecule has 5 rings (SSSR count). The smallest absolute Gasteiger partial charge is 0.0710 e. The monoisotopic (exact) mass is 374 g/mol. The molecular formula is C29H26. The van der Waals surface area contributed by atoms with Crippen LogP contribution in [0.1, 0.15) is 47.6 Å². The minimum absolute atomic E-state index is 0.351. The molecule has 0 fully saturated rings. The van der Waals surface area contributed by atoms with Gasteiger partial charge in [-0.2, -0.15) is 0 Å². The van der Waals surface area contributed by atoms with Gasteiger partial charge in [0.05, 0.1) is 5.41 Å². The van der Waals surface area contributed by atoms with Crippen LogP contribution in [0, 0.1) is 0 Å². The van der Waals surface area contributed by atoms with E-state index < -0.39 is 0 Å². The summed E-state index contributed by atoms with van der Waals surface area (Å²) in [6.45, 7) is 9.18. The van der Waals surface area contributed by atoms with Crippen molar-refractivity contribution in [2.75, 3.05) is 0 Å². The van der Waals surface area contributed by atoms with Crippen LogP contribution >= 0.6 is 0 Å². The van der Waals surface area contributed by atoms with Crippen LogP contribution < -0.4 is 0 Å². The molecule has 0 aliphatic heterocycles. The van der Waals surface area contributed by atoms with Crippen LogP contribution in [0.3, 0.4) is 0 Å². The van der Waals surface area contributed by atoms with E-state index in [0.29, 0.717) is 5.92 Å². The first-order valence-corrected chi connectivity index (χ1v) is 10.5. The van der Waals surface area contributed by atoms with Gasteiger partial charge in [-0.3, -0.25) is 0 Å². The number of rotatable bonds is 1. The van der Waals surface area contributed by atoms with E-state index >= 15 is 0 Å². The second kappa shape index (κ2) is 6.74. The van der Waals surface area contributed by atoms with E-state index in [9.17, 15) is 0 Å². The summed E-state index contributed by atoms with van der Waals surface area (Å²) in [5.74, 6) is 0.484. The first kappa shape index (κ1) is 17.9. The van der Waals surface area contributed by atoms with Crippen LogP contribution in [0.5, 0.6) is 0 Å². The number of fused-ring (bicyclic) bond motifs is 7. The molecule has 2 aliphatic rings. The molecule has 2 aliphatic carbocycles. The van der Waals surface area contributed by atoms with Gasteiger partial charge < -0.3 is 0 Å². The number of allylic oxidation sites excluding steroid dienone is 5. The molecule has 142 valence electrons. The van der Waals surface area contributed by atoms with Crippen molar-refractivity contribution in [1.29, 1.82) is 0 Å². The molecule has 0 saturated heterocycles. The van der Waals surface area contributed by atoms with Crippen molar-refractivity contribution in [2.45, 2.75) is 31.6 Å². The summed E-state index contributed by atoms with van der Waals surface area (Å²) in [5, 5.41) is 0. The Morgan fingerprint density at radius 3 is 2.34 bits per heavy atom. The summed E-state index contributed by atoms with van der Waals surface area (Å²) in [6.07, 6.45) is 9.66. The van der Waals surface area contributed by atoms with Gasteiger partial charge in [0.1, 0.15) is 0 Å². The number of hydrogen-bond donors (Lipinski definition) is 0. The van der Waals surface area contributed by atoms with Crippen molar-refractivity contribution in [2.24, 2.45) is 0 Å². The van der Waals surface area contributed by atoms with Crippen LogP contribution in [0.4, 0.5) is 0 Å². The molecule has 0 amide bonds. The van der Waals surface area contributed by atoms with Gasteiger partial charge in [-0.1, -0.05) is 111 Å². The second-order valence-corrected chi connectivity index (χ2v) is 8.43. The largest absolute Gasteiger partial charge is 0.0942 e. The molecule has 0 bridgehead atoms. The third-order valence-corrected chi connectivity index (χ3v) is 6.52. The first-order valence-electron chi connectivity index (χ1n) is 10.5. The van der Waals surface area contributed by atoms with Gasteiger partial charge in [-0.05, 0) is 56.9 Å². The Morgan fingerprint density at radius 2 is 1.52 bits per heavy atom. The van der Waals surface area contributed by atoms with E-state index in [1.165, 1.54) is 38.9 Å². The van der Waals surface area contributed by atoms with Gasteiger partial charge in [0, 0.05) is 0 Å². The second-order valence-electron chi connectivity index (χ2n) is 8.43. The molecule has 0 heterocycles. The molecule has 3 aromatic rings. The zero-order valence-electron chi connectivity index (χ0n) is 17.2. The van der Waals surface area contributed by atoms with Gasteiger partial charge in [0.15, 0.2) is 0 Å². The molecule has 0 heteroatoms. The van der Waals surface area contributed by atoms with Gasteiger partial charge in [0.2, 0.25) is 0 Å². The normalized spacial score (nSPS) is 21.7. The standard InChI is InChI=1S/C29H26/c1-20(2)23-17-18-25-24-14-8-10-16-27(24)29(28(25)19-23)21(3)11-5-4-6-12-22-13-7-9-15-26(22)29/h4-11,13-20H,3,12H2,1-2H3/b6-4-,11-5-. The molecule has 0 radical (unpaired) electrons. The predicted octanol–water partition coefficient (Wildman–Crippen LogP) is 7.35. The highest BCUT2D eigenvalue weighted by Gasteiger charge is 2.47. The van der Waals surface area contributed by atoms with Crippen LogP contribution in [-0.2, 0) is 11.8 Å². The zero-order chi connectivity index (χ0) is 20.0. The lowest BCUT2D eigenvalue weighted by atomic mass is 9.66. The minimum Gasteiger partial charge on any atom is -0.0942 e. The van der Waals surface area contributed by atoms with Crippen LogP contribution in [0.2, 0.25) is 0 Å². The number of hydrogen-bond acceptors (Lipinski definition) is 0. The Labute approximate surface area is 173 Å². The van der Waals surface area contributed by atoms with E-state index in [1.807, 2.05) is 0 Å². The van der Waals surface area contributed by atoms with E-state index in [-0.39, 0.29) is 5.41 Å². The van der Waals surface area contributed by atoms with E-state index in [1.54, 1.807) is 0 Å². The Bertz CT molecular complexity index is 1170. The van der Waals surface area contributed by atoms with Crippen molar-refractivity contribution in [1.82, 2.24) is 0 Å². The minimum atomic E-state index is -0.351. The average Bonchev–Trinajstić information content (AvgIpc) is 3.07. The maximum Gasteiger partial charge on any atom is 0.0710 e. The maximum absolute atomic E-state index is 4.64. The lowest BCUT2D eigenvalue weighted by molar-refractivity contribution is 0.754. The van der Waals surface area contributed by atoms with Crippen LogP contribution in [0.25, 0.3) is 11.1 Å². The summed E-state index contributed by atoms with van der Waals surface area (Å²) in [7, 11) is 0. The summed E-state index contributed by atoms with van der Waals surface area (Å²) in [6, 6.07) is 24.8. The molecule has 29 heavy (non-hydrogen) atoms. The maximum atomic E-state index is 4.64. The quantitative estimate of drug-likeness (QED) is 0.418. The zero-order valence-corrected chi connectivity index (χ0v) is 17.2.